The summed E-state index contributed by atoms with van der Waals surface area (Å²) in [6, 6.07) is 7.29. The van der Waals surface area contributed by atoms with Gasteiger partial charge in [-0.3, -0.25) is 10.0 Å². The number of hydrogen-bond acceptors (Lipinski definition) is 9. The molecule has 9 heteroatoms. The molecular formula is C31H51N7O2. The summed E-state index contributed by atoms with van der Waals surface area (Å²) in [5.74, 6) is 8.93. The number of allylic oxidation sites excluding steroid dienone is 2. The summed E-state index contributed by atoms with van der Waals surface area (Å²) in [7, 11) is 1.68. The number of aromatic nitrogens is 2. The van der Waals surface area contributed by atoms with E-state index in [-0.39, 0.29) is 5.78 Å². The Morgan fingerprint density at radius 1 is 1.10 bits per heavy atom. The maximum atomic E-state index is 10.9. The molecule has 2 aromatic rings. The van der Waals surface area contributed by atoms with Crippen molar-refractivity contribution in [3.8, 4) is 5.75 Å². The van der Waals surface area contributed by atoms with Gasteiger partial charge in [0.2, 0.25) is 5.95 Å². The molecule has 0 aliphatic rings. The van der Waals surface area contributed by atoms with Crippen LogP contribution in [0.25, 0.3) is 0 Å². The number of carbonyl (C=O) groups is 1. The quantitative estimate of drug-likeness (QED) is 0.0809. The van der Waals surface area contributed by atoms with Crippen LogP contribution in [0.4, 0.5) is 23.1 Å². The van der Waals surface area contributed by atoms with Crippen molar-refractivity contribution in [2.24, 2.45) is 16.8 Å². The smallest absolute Gasteiger partial charge is 0.229 e. The molecule has 9 nitrogen and oxygen atoms in total. The van der Waals surface area contributed by atoms with Crippen molar-refractivity contribution in [1.29, 1.82) is 0 Å². The molecule has 0 atom stereocenters. The average molecular weight is 554 g/mol. The Bertz CT molecular complexity index is 1020. The molecule has 1 aromatic carbocycles. The molecule has 0 saturated carbocycles. The molecule has 0 saturated heterocycles. The van der Waals surface area contributed by atoms with E-state index >= 15 is 0 Å². The number of ketones is 1. The van der Waals surface area contributed by atoms with Crippen LogP contribution >= 0.6 is 0 Å². The lowest BCUT2D eigenvalue weighted by Gasteiger charge is -2.20. The van der Waals surface area contributed by atoms with Crippen LogP contribution in [0.2, 0.25) is 0 Å². The number of aliphatic imine (C=N–C) groups is 1. The molecule has 0 aliphatic carbocycles. The fourth-order valence-electron chi connectivity index (χ4n) is 4.23. The Kier molecular flexibility index (Phi) is 17.7. The van der Waals surface area contributed by atoms with E-state index in [1.807, 2.05) is 37.3 Å². The van der Waals surface area contributed by atoms with E-state index in [0.29, 0.717) is 36.2 Å². The number of unbranched alkanes of at least 4 members (excludes halogenated alkanes) is 1. The third-order valence-corrected chi connectivity index (χ3v) is 6.26. The standard InChI is InChI=1S/C21H29N7O2.C10H22/c1-4-16(13-24-3)26-21-25-14-19(22)20(27-21)28(23)17-8-10-18(11-9-17)30-12-6-5-7-15(2)29;1-4-7-10(8-5-2)9-6-3/h4,8-11,13-14H,5-7,12,22-23H2,1-3H3,(H,25,26,27);10H,4-9H2,1-3H3/b16-4+,24-13?;. The molecule has 40 heavy (non-hydrogen) atoms. The summed E-state index contributed by atoms with van der Waals surface area (Å²) in [6.45, 7) is 10.9. The van der Waals surface area contributed by atoms with Gasteiger partial charge in [0.1, 0.15) is 11.5 Å². The van der Waals surface area contributed by atoms with Gasteiger partial charge in [-0.2, -0.15) is 4.98 Å². The number of ether oxygens (including phenoxy) is 1. The predicted molar refractivity (Wildman–Crippen MR) is 169 cm³/mol. The minimum Gasteiger partial charge on any atom is -0.494 e. The monoisotopic (exact) mass is 553 g/mol. The number of rotatable bonds is 17. The zero-order valence-electron chi connectivity index (χ0n) is 25.4. The van der Waals surface area contributed by atoms with E-state index < -0.39 is 0 Å². The van der Waals surface area contributed by atoms with Gasteiger partial charge >= 0.3 is 0 Å². The highest BCUT2D eigenvalue weighted by Gasteiger charge is 2.13. The highest BCUT2D eigenvalue weighted by atomic mass is 16.5. The molecule has 0 radical (unpaired) electrons. The van der Waals surface area contributed by atoms with Gasteiger partial charge in [0.25, 0.3) is 0 Å². The summed E-state index contributed by atoms with van der Waals surface area (Å²) in [5, 5.41) is 4.45. The number of nitrogens with zero attached hydrogens (tertiary/aromatic N) is 4. The van der Waals surface area contributed by atoms with Gasteiger partial charge < -0.3 is 20.6 Å². The Hall–Kier alpha value is -3.46. The van der Waals surface area contributed by atoms with Crippen LogP contribution in [0.3, 0.4) is 0 Å². The number of hydrogen-bond donors (Lipinski definition) is 3. The SMILES string of the molecule is C/C=C(\C=NC)Nc1ncc(N)c(N(N)c2ccc(OCCCCC(C)=O)cc2)n1.CCCC(CCC)CCC. The molecule has 1 heterocycles. The normalized spacial score (nSPS) is 11.3. The lowest BCUT2D eigenvalue weighted by molar-refractivity contribution is -0.117. The first-order chi connectivity index (χ1) is 19.3. The van der Waals surface area contributed by atoms with E-state index in [1.54, 1.807) is 20.2 Å². The predicted octanol–water partition coefficient (Wildman–Crippen LogP) is 7.23. The minimum atomic E-state index is 0.199. The van der Waals surface area contributed by atoms with Gasteiger partial charge in [-0.1, -0.05) is 65.4 Å². The fraction of sp³-hybridized carbons (Fsp3) is 0.548. The van der Waals surface area contributed by atoms with Gasteiger partial charge in [-0.15, -0.1) is 0 Å². The zero-order chi connectivity index (χ0) is 29.8. The van der Waals surface area contributed by atoms with Crippen LogP contribution < -0.4 is 26.6 Å². The molecule has 0 amide bonds. The van der Waals surface area contributed by atoms with E-state index in [2.05, 4.69) is 41.0 Å². The fourth-order valence-corrected chi connectivity index (χ4v) is 4.23. The van der Waals surface area contributed by atoms with Gasteiger partial charge in [0.15, 0.2) is 5.82 Å². The van der Waals surface area contributed by atoms with Crippen LogP contribution in [0.5, 0.6) is 5.75 Å². The minimum absolute atomic E-state index is 0.199. The lowest BCUT2D eigenvalue weighted by atomic mass is 9.94. The molecule has 1 aromatic heterocycles. The third-order valence-electron chi connectivity index (χ3n) is 6.26. The van der Waals surface area contributed by atoms with Crippen molar-refractivity contribution in [3.05, 3.63) is 42.2 Å². The largest absolute Gasteiger partial charge is 0.494 e. The van der Waals surface area contributed by atoms with Crippen molar-refractivity contribution in [2.45, 2.75) is 92.4 Å². The van der Waals surface area contributed by atoms with Gasteiger partial charge in [0.05, 0.1) is 29.9 Å². The Labute approximate surface area is 241 Å². The topological polar surface area (TPSA) is 132 Å². The highest BCUT2D eigenvalue weighted by molar-refractivity contribution is 5.82. The second kappa shape index (κ2) is 20.4. The molecule has 222 valence electrons. The molecule has 5 N–H and O–H groups in total. The first-order valence-electron chi connectivity index (χ1n) is 14.5. The number of carbonyl (C=O) groups excluding carboxylic acids is 1. The summed E-state index contributed by atoms with van der Waals surface area (Å²) >= 11 is 0. The Morgan fingerprint density at radius 2 is 1.73 bits per heavy atom. The number of hydrazine groups is 1. The molecule has 2 rings (SSSR count). The van der Waals surface area contributed by atoms with Crippen LogP contribution in [-0.2, 0) is 4.79 Å². The Balaban J connectivity index is 0.000000680. The summed E-state index contributed by atoms with van der Waals surface area (Å²) < 4.78 is 5.70. The number of nitrogens with two attached hydrogens (primary N) is 2. The van der Waals surface area contributed by atoms with Crippen molar-refractivity contribution in [3.63, 3.8) is 0 Å². The first-order valence-corrected chi connectivity index (χ1v) is 14.5. The van der Waals surface area contributed by atoms with Gasteiger partial charge in [0, 0.05) is 19.7 Å². The summed E-state index contributed by atoms with van der Waals surface area (Å²) in [5.41, 5.74) is 7.82. The average Bonchev–Trinajstić information content (AvgIpc) is 2.94. The molecule has 0 fully saturated rings. The van der Waals surface area contributed by atoms with E-state index in [1.165, 1.54) is 49.7 Å². The second-order valence-electron chi connectivity index (χ2n) is 9.83. The lowest BCUT2D eigenvalue weighted by Crippen LogP contribution is -2.27. The van der Waals surface area contributed by atoms with Crippen LogP contribution in [0, 0.1) is 5.92 Å². The first kappa shape index (κ1) is 34.6. The van der Waals surface area contributed by atoms with Crippen LogP contribution in [0.1, 0.15) is 92.4 Å². The van der Waals surface area contributed by atoms with Crippen LogP contribution in [0.15, 0.2) is 47.2 Å². The van der Waals surface area contributed by atoms with Gasteiger partial charge in [-0.05, 0) is 56.9 Å². The molecule has 0 unspecified atom stereocenters. The molecule has 0 aliphatic heterocycles. The Morgan fingerprint density at radius 3 is 2.25 bits per heavy atom. The molecule has 0 bridgehead atoms. The maximum absolute atomic E-state index is 10.9. The summed E-state index contributed by atoms with van der Waals surface area (Å²) in [6.07, 6.45) is 15.7. The molecular weight excluding hydrogens is 502 g/mol. The highest BCUT2D eigenvalue weighted by Crippen LogP contribution is 2.27. The van der Waals surface area contributed by atoms with Crippen molar-refractivity contribution < 1.29 is 9.53 Å². The zero-order valence-corrected chi connectivity index (χ0v) is 25.4. The third kappa shape index (κ3) is 13.6. The second-order valence-corrected chi connectivity index (χ2v) is 9.83. The van der Waals surface area contributed by atoms with Crippen LogP contribution in [-0.4, -0.2) is 35.6 Å². The number of nitrogens with one attached hydrogen (secondary N) is 1. The molecule has 0 spiro atoms. The van der Waals surface area contributed by atoms with E-state index in [4.69, 9.17) is 16.3 Å². The van der Waals surface area contributed by atoms with Crippen molar-refractivity contribution in [1.82, 2.24) is 9.97 Å². The van der Waals surface area contributed by atoms with Crippen molar-refractivity contribution >= 4 is 35.1 Å². The number of benzene rings is 1. The number of nitrogen functional groups attached to an aromatic ring is 1. The number of Topliss-reactive ketones (excluding diaryl/α,β-unsaturated/α-hetero) is 1. The maximum Gasteiger partial charge on any atom is 0.229 e. The van der Waals surface area contributed by atoms with E-state index in [9.17, 15) is 4.79 Å². The number of anilines is 4. The summed E-state index contributed by atoms with van der Waals surface area (Å²) in [4.78, 5) is 23.5. The van der Waals surface area contributed by atoms with Gasteiger partial charge in [-0.25, -0.2) is 10.8 Å². The van der Waals surface area contributed by atoms with Crippen molar-refractivity contribution in [2.75, 3.05) is 29.7 Å². The van der Waals surface area contributed by atoms with E-state index in [0.717, 1.165) is 30.2 Å².